The van der Waals surface area contributed by atoms with E-state index >= 15 is 0 Å². The summed E-state index contributed by atoms with van der Waals surface area (Å²) in [5, 5.41) is 20.7. The van der Waals surface area contributed by atoms with Crippen molar-refractivity contribution in [2.45, 2.75) is 31.7 Å². The van der Waals surface area contributed by atoms with Gasteiger partial charge in [0.25, 0.3) is 0 Å². The van der Waals surface area contributed by atoms with E-state index in [1.165, 1.54) is 0 Å². The minimum Gasteiger partial charge on any atom is -0.396 e. The summed E-state index contributed by atoms with van der Waals surface area (Å²) in [6.07, 6.45) is 3.75. The minimum absolute atomic E-state index is 0.0970. The second kappa shape index (κ2) is 7.65. The molecule has 21 heavy (non-hydrogen) atoms. The second-order valence-corrected chi connectivity index (χ2v) is 5.29. The fourth-order valence-electron chi connectivity index (χ4n) is 2.23. The molecule has 5 heteroatoms. The molecule has 2 N–H and O–H groups in total. The van der Waals surface area contributed by atoms with Gasteiger partial charge in [-0.25, -0.2) is 0 Å². The lowest BCUT2D eigenvalue weighted by Crippen LogP contribution is -2.38. The molecule has 2 rings (SSSR count). The van der Waals surface area contributed by atoms with E-state index in [1.807, 2.05) is 4.90 Å². The molecule has 1 fully saturated rings. The van der Waals surface area contributed by atoms with Gasteiger partial charge in [0.1, 0.15) is 0 Å². The normalized spacial score (nSPS) is 13.5. The highest BCUT2D eigenvalue weighted by atomic mass is 16.3. The van der Waals surface area contributed by atoms with Gasteiger partial charge in [-0.05, 0) is 49.9 Å². The molecule has 1 aromatic carbocycles. The zero-order valence-corrected chi connectivity index (χ0v) is 12.1. The molecule has 0 radical (unpaired) electrons. The van der Waals surface area contributed by atoms with Crippen LogP contribution >= 0.6 is 0 Å². The van der Waals surface area contributed by atoms with Crippen molar-refractivity contribution in [2.75, 3.05) is 25.0 Å². The van der Waals surface area contributed by atoms with Gasteiger partial charge in [-0.2, -0.15) is 5.26 Å². The number of hydrogen-bond acceptors (Lipinski definition) is 4. The van der Waals surface area contributed by atoms with Crippen LogP contribution in [0.25, 0.3) is 0 Å². The molecule has 0 atom stereocenters. The van der Waals surface area contributed by atoms with Crippen LogP contribution in [0.3, 0.4) is 0 Å². The van der Waals surface area contributed by atoms with Gasteiger partial charge in [0.05, 0.1) is 18.2 Å². The van der Waals surface area contributed by atoms with Crippen LogP contribution in [0.4, 0.5) is 5.69 Å². The lowest BCUT2D eigenvalue weighted by Gasteiger charge is -2.22. The zero-order chi connectivity index (χ0) is 15.1. The average Bonchev–Trinajstić information content (AvgIpc) is 3.34. The van der Waals surface area contributed by atoms with Gasteiger partial charge in [0.15, 0.2) is 0 Å². The van der Waals surface area contributed by atoms with E-state index in [4.69, 9.17) is 10.4 Å². The average molecular weight is 287 g/mol. The summed E-state index contributed by atoms with van der Waals surface area (Å²) < 4.78 is 0. The molecule has 0 heterocycles. The van der Waals surface area contributed by atoms with Crippen LogP contribution in [-0.2, 0) is 4.79 Å². The van der Waals surface area contributed by atoms with Crippen LogP contribution in [0, 0.1) is 11.3 Å². The Morgan fingerprint density at radius 1 is 1.33 bits per heavy atom. The molecule has 0 bridgehead atoms. The summed E-state index contributed by atoms with van der Waals surface area (Å²) in [6, 6.07) is 9.52. The Bertz CT molecular complexity index is 503. The Morgan fingerprint density at radius 3 is 2.62 bits per heavy atom. The number of hydrogen-bond donors (Lipinski definition) is 2. The highest BCUT2D eigenvalue weighted by molar-refractivity contribution is 5.81. The van der Waals surface area contributed by atoms with E-state index in [9.17, 15) is 4.79 Å². The Hall–Kier alpha value is -2.06. The second-order valence-electron chi connectivity index (χ2n) is 5.29. The molecular formula is C16H21N3O2. The molecule has 0 aromatic heterocycles. The summed E-state index contributed by atoms with van der Waals surface area (Å²) in [6.45, 7) is 1.16. The third-order valence-electron chi connectivity index (χ3n) is 3.57. The molecular weight excluding hydrogens is 266 g/mol. The summed E-state index contributed by atoms with van der Waals surface area (Å²) in [7, 11) is 0. The maximum atomic E-state index is 12.3. The number of carbonyl (C=O) groups is 1. The molecule has 0 saturated heterocycles. The molecule has 112 valence electrons. The number of rotatable bonds is 8. The van der Waals surface area contributed by atoms with Crippen molar-refractivity contribution in [3.63, 3.8) is 0 Å². The van der Waals surface area contributed by atoms with E-state index in [0.717, 1.165) is 37.9 Å². The predicted molar refractivity (Wildman–Crippen MR) is 80.7 cm³/mol. The number of nitrogens with zero attached hydrogens (tertiary/aromatic N) is 2. The molecule has 1 aliphatic carbocycles. The number of benzene rings is 1. The van der Waals surface area contributed by atoms with Gasteiger partial charge >= 0.3 is 0 Å². The first-order chi connectivity index (χ1) is 10.2. The highest BCUT2D eigenvalue weighted by Gasteiger charge is 2.31. The number of aliphatic hydroxyl groups is 1. The highest BCUT2D eigenvalue weighted by Crippen LogP contribution is 2.27. The van der Waals surface area contributed by atoms with Crippen molar-refractivity contribution in [1.82, 2.24) is 4.90 Å². The Labute approximate surface area is 125 Å². The largest absolute Gasteiger partial charge is 0.396 e. The summed E-state index contributed by atoms with van der Waals surface area (Å²) in [5.41, 5.74) is 1.45. The number of nitriles is 1. The van der Waals surface area contributed by atoms with Crippen LogP contribution in [0.1, 0.15) is 31.2 Å². The van der Waals surface area contributed by atoms with Crippen molar-refractivity contribution in [1.29, 1.82) is 5.26 Å². The lowest BCUT2D eigenvalue weighted by atomic mass is 10.2. The lowest BCUT2D eigenvalue weighted by molar-refractivity contribution is -0.130. The topological polar surface area (TPSA) is 76.4 Å². The van der Waals surface area contributed by atoms with Crippen LogP contribution in [0.5, 0.6) is 0 Å². The van der Waals surface area contributed by atoms with Crippen LogP contribution in [0.2, 0.25) is 0 Å². The molecule has 1 saturated carbocycles. The monoisotopic (exact) mass is 287 g/mol. The summed E-state index contributed by atoms with van der Waals surface area (Å²) in [5.74, 6) is 0.0970. The smallest absolute Gasteiger partial charge is 0.242 e. The Morgan fingerprint density at radius 2 is 2.05 bits per heavy atom. The standard InChI is InChI=1S/C16H21N3O2/c17-11-13-3-5-14(6-4-13)18-12-16(21)19(15-7-8-15)9-1-2-10-20/h3-6,15,18,20H,1-2,7-10,12H2. The summed E-state index contributed by atoms with van der Waals surface area (Å²) in [4.78, 5) is 14.2. The van der Waals surface area contributed by atoms with E-state index in [1.54, 1.807) is 24.3 Å². The van der Waals surface area contributed by atoms with Gasteiger partial charge in [-0.3, -0.25) is 4.79 Å². The van der Waals surface area contributed by atoms with Gasteiger partial charge < -0.3 is 15.3 Å². The van der Waals surface area contributed by atoms with Crippen molar-refractivity contribution in [2.24, 2.45) is 0 Å². The SMILES string of the molecule is N#Cc1ccc(NCC(=O)N(CCCCO)C2CC2)cc1. The fourth-order valence-corrected chi connectivity index (χ4v) is 2.23. The number of carbonyl (C=O) groups excluding carboxylic acids is 1. The van der Waals surface area contributed by atoms with Crippen molar-refractivity contribution in [3.8, 4) is 6.07 Å². The first-order valence-corrected chi connectivity index (χ1v) is 7.39. The first-order valence-electron chi connectivity index (χ1n) is 7.39. The number of amides is 1. The maximum absolute atomic E-state index is 12.3. The molecule has 1 aliphatic rings. The predicted octanol–water partition coefficient (Wildman–Crippen LogP) is 1.73. The Kier molecular flexibility index (Phi) is 5.59. The molecule has 1 amide bonds. The molecule has 0 unspecified atom stereocenters. The summed E-state index contributed by atoms with van der Waals surface area (Å²) >= 11 is 0. The van der Waals surface area contributed by atoms with E-state index in [2.05, 4.69) is 11.4 Å². The molecule has 5 nitrogen and oxygen atoms in total. The van der Waals surface area contributed by atoms with Crippen LogP contribution in [-0.4, -0.2) is 41.7 Å². The molecule has 1 aromatic rings. The molecule has 0 aliphatic heterocycles. The van der Waals surface area contributed by atoms with Crippen LogP contribution < -0.4 is 5.32 Å². The quantitative estimate of drug-likeness (QED) is 0.714. The van der Waals surface area contributed by atoms with E-state index in [-0.39, 0.29) is 19.1 Å². The molecule has 0 spiro atoms. The van der Waals surface area contributed by atoms with Crippen molar-refractivity contribution in [3.05, 3.63) is 29.8 Å². The number of anilines is 1. The Balaban J connectivity index is 1.82. The number of unbranched alkanes of at least 4 members (excludes halogenated alkanes) is 1. The minimum atomic E-state index is 0.0970. The zero-order valence-electron chi connectivity index (χ0n) is 12.1. The number of nitrogens with one attached hydrogen (secondary N) is 1. The van der Waals surface area contributed by atoms with E-state index < -0.39 is 0 Å². The fraction of sp³-hybridized carbons (Fsp3) is 0.500. The van der Waals surface area contributed by atoms with Gasteiger partial charge in [0, 0.05) is 24.9 Å². The van der Waals surface area contributed by atoms with Crippen molar-refractivity contribution >= 4 is 11.6 Å². The van der Waals surface area contributed by atoms with Gasteiger partial charge in [0.2, 0.25) is 5.91 Å². The maximum Gasteiger partial charge on any atom is 0.242 e. The van der Waals surface area contributed by atoms with E-state index in [0.29, 0.717) is 11.6 Å². The third-order valence-corrected chi connectivity index (χ3v) is 3.57. The van der Waals surface area contributed by atoms with Gasteiger partial charge in [-0.1, -0.05) is 0 Å². The number of aliphatic hydroxyl groups excluding tert-OH is 1. The van der Waals surface area contributed by atoms with Crippen molar-refractivity contribution < 1.29 is 9.90 Å². The van der Waals surface area contributed by atoms with Crippen LogP contribution in [0.15, 0.2) is 24.3 Å². The third kappa shape index (κ3) is 4.76. The first kappa shape index (κ1) is 15.3. The van der Waals surface area contributed by atoms with Gasteiger partial charge in [-0.15, -0.1) is 0 Å².